The van der Waals surface area contributed by atoms with E-state index in [-0.39, 0.29) is 4.92 Å². The molecule has 0 aromatic rings. The van der Waals surface area contributed by atoms with Crippen LogP contribution in [-0.2, 0) is 4.74 Å². The molecule has 4 heteroatoms. The molecular weight excluding hydrogens is 182 g/mol. The number of hydrogen-bond donors (Lipinski definition) is 0. The first kappa shape index (κ1) is 10.9. The van der Waals surface area contributed by atoms with E-state index < -0.39 is 5.72 Å². The summed E-state index contributed by atoms with van der Waals surface area (Å²) < 4.78 is 5.32. The summed E-state index contributed by atoms with van der Waals surface area (Å²) >= 11 is 0. The molecule has 1 aliphatic carbocycles. The minimum absolute atomic E-state index is 0.317. The Kier molecular flexibility index (Phi) is 3.41. The van der Waals surface area contributed by atoms with Crippen LogP contribution in [0.25, 0.3) is 0 Å². The van der Waals surface area contributed by atoms with Gasteiger partial charge in [-0.15, -0.1) is 0 Å². The first-order chi connectivity index (χ1) is 6.60. The highest BCUT2D eigenvalue weighted by atomic mass is 16.7. The molecule has 0 saturated heterocycles. The zero-order chi connectivity index (χ0) is 10.6. The Balaban J connectivity index is 2.83. The molecule has 0 bridgehead atoms. The van der Waals surface area contributed by atoms with Gasteiger partial charge in [0.25, 0.3) is 0 Å². The lowest BCUT2D eigenvalue weighted by atomic mass is 10.0. The Morgan fingerprint density at radius 2 is 2.43 bits per heavy atom. The van der Waals surface area contributed by atoms with Crippen molar-refractivity contribution in [1.29, 1.82) is 0 Å². The SMILES string of the molecule is CCCOC1([N+](=O)[O-])C=C(C)C=CC1. The molecule has 0 heterocycles. The molecule has 78 valence electrons. The van der Waals surface area contributed by atoms with Gasteiger partial charge in [-0.3, -0.25) is 10.1 Å². The van der Waals surface area contributed by atoms with E-state index in [4.69, 9.17) is 4.74 Å². The Labute approximate surface area is 83.4 Å². The zero-order valence-corrected chi connectivity index (χ0v) is 8.53. The summed E-state index contributed by atoms with van der Waals surface area (Å²) in [7, 11) is 0. The van der Waals surface area contributed by atoms with Crippen LogP contribution in [0.1, 0.15) is 26.7 Å². The number of nitro groups is 1. The van der Waals surface area contributed by atoms with Gasteiger partial charge in [0.05, 0.1) is 18.0 Å². The van der Waals surface area contributed by atoms with E-state index in [0.29, 0.717) is 13.0 Å². The number of hydrogen-bond acceptors (Lipinski definition) is 3. The Morgan fingerprint density at radius 3 is 2.93 bits per heavy atom. The molecule has 0 saturated carbocycles. The summed E-state index contributed by atoms with van der Waals surface area (Å²) in [6, 6.07) is 0. The van der Waals surface area contributed by atoms with Gasteiger partial charge in [-0.1, -0.05) is 19.1 Å². The third-order valence-corrected chi connectivity index (χ3v) is 2.11. The molecule has 0 spiro atoms. The second kappa shape index (κ2) is 4.37. The second-order valence-electron chi connectivity index (χ2n) is 3.45. The van der Waals surface area contributed by atoms with Crippen LogP contribution < -0.4 is 0 Å². The average molecular weight is 197 g/mol. The molecule has 0 aromatic heterocycles. The van der Waals surface area contributed by atoms with Crippen LogP contribution in [0.4, 0.5) is 0 Å². The topological polar surface area (TPSA) is 52.4 Å². The molecule has 0 fully saturated rings. The minimum atomic E-state index is -1.32. The van der Waals surface area contributed by atoms with Crippen molar-refractivity contribution in [3.8, 4) is 0 Å². The number of rotatable bonds is 4. The predicted octanol–water partition coefficient (Wildman–Crippen LogP) is 2.29. The van der Waals surface area contributed by atoms with Crippen LogP contribution in [0, 0.1) is 10.1 Å². The second-order valence-corrected chi connectivity index (χ2v) is 3.45. The van der Waals surface area contributed by atoms with Crippen molar-refractivity contribution in [3.63, 3.8) is 0 Å². The monoisotopic (exact) mass is 197 g/mol. The van der Waals surface area contributed by atoms with E-state index in [0.717, 1.165) is 12.0 Å². The Hall–Kier alpha value is -1.16. The maximum absolute atomic E-state index is 10.9. The number of allylic oxidation sites excluding steroid dienone is 2. The van der Waals surface area contributed by atoms with Crippen molar-refractivity contribution in [2.24, 2.45) is 0 Å². The predicted molar refractivity (Wildman–Crippen MR) is 53.5 cm³/mol. The van der Waals surface area contributed by atoms with Gasteiger partial charge < -0.3 is 4.74 Å². The number of ether oxygens (including phenoxy) is 1. The standard InChI is InChI=1S/C10H15NO3/c1-3-7-14-10(11(12)13)6-4-5-9(2)8-10/h4-5,8H,3,6-7H2,1-2H3. The van der Waals surface area contributed by atoms with Crippen LogP contribution in [0.5, 0.6) is 0 Å². The van der Waals surface area contributed by atoms with Crippen LogP contribution in [0.2, 0.25) is 0 Å². The van der Waals surface area contributed by atoms with Gasteiger partial charge >= 0.3 is 5.72 Å². The van der Waals surface area contributed by atoms with E-state index in [1.54, 1.807) is 12.2 Å². The highest BCUT2D eigenvalue weighted by Crippen LogP contribution is 2.26. The molecule has 0 amide bonds. The summed E-state index contributed by atoms with van der Waals surface area (Å²) in [4.78, 5) is 10.6. The zero-order valence-electron chi connectivity index (χ0n) is 8.53. The summed E-state index contributed by atoms with van der Waals surface area (Å²) in [5.74, 6) is 0. The molecule has 0 N–H and O–H groups in total. The van der Waals surface area contributed by atoms with Crippen LogP contribution in [-0.4, -0.2) is 17.3 Å². The van der Waals surface area contributed by atoms with Crippen molar-refractivity contribution in [1.82, 2.24) is 0 Å². The third kappa shape index (κ3) is 2.20. The molecule has 4 nitrogen and oxygen atoms in total. The average Bonchev–Trinajstić information content (AvgIpc) is 2.14. The first-order valence-corrected chi connectivity index (χ1v) is 4.75. The molecule has 14 heavy (non-hydrogen) atoms. The van der Waals surface area contributed by atoms with E-state index in [1.807, 2.05) is 19.9 Å². The summed E-state index contributed by atoms with van der Waals surface area (Å²) in [6.45, 7) is 4.19. The fourth-order valence-corrected chi connectivity index (χ4v) is 1.44. The molecule has 0 radical (unpaired) electrons. The van der Waals surface area contributed by atoms with Gasteiger partial charge in [0.1, 0.15) is 0 Å². The first-order valence-electron chi connectivity index (χ1n) is 4.75. The largest absolute Gasteiger partial charge is 0.348 e. The normalized spacial score (nSPS) is 26.0. The molecular formula is C10H15NO3. The van der Waals surface area contributed by atoms with Crippen LogP contribution in [0.3, 0.4) is 0 Å². The van der Waals surface area contributed by atoms with Crippen LogP contribution >= 0.6 is 0 Å². The van der Waals surface area contributed by atoms with Crippen molar-refractivity contribution in [2.75, 3.05) is 6.61 Å². The van der Waals surface area contributed by atoms with E-state index in [2.05, 4.69) is 0 Å². The third-order valence-electron chi connectivity index (χ3n) is 2.11. The summed E-state index contributed by atoms with van der Waals surface area (Å²) in [6.07, 6.45) is 6.34. The van der Waals surface area contributed by atoms with Gasteiger partial charge in [0.2, 0.25) is 0 Å². The van der Waals surface area contributed by atoms with Gasteiger partial charge in [-0.05, 0) is 18.9 Å². The summed E-state index contributed by atoms with van der Waals surface area (Å²) in [5, 5.41) is 10.9. The Bertz CT molecular complexity index is 283. The maximum atomic E-state index is 10.9. The lowest BCUT2D eigenvalue weighted by Gasteiger charge is -2.23. The van der Waals surface area contributed by atoms with E-state index >= 15 is 0 Å². The van der Waals surface area contributed by atoms with Crippen molar-refractivity contribution in [3.05, 3.63) is 33.9 Å². The van der Waals surface area contributed by atoms with Gasteiger partial charge in [-0.2, -0.15) is 0 Å². The quantitative estimate of drug-likeness (QED) is 0.394. The fourth-order valence-electron chi connectivity index (χ4n) is 1.44. The molecule has 1 aliphatic rings. The Morgan fingerprint density at radius 1 is 1.71 bits per heavy atom. The van der Waals surface area contributed by atoms with Crippen molar-refractivity contribution >= 4 is 0 Å². The highest BCUT2D eigenvalue weighted by Gasteiger charge is 2.41. The lowest BCUT2D eigenvalue weighted by Crippen LogP contribution is -2.40. The van der Waals surface area contributed by atoms with Crippen molar-refractivity contribution < 1.29 is 9.66 Å². The molecule has 0 aliphatic heterocycles. The molecule has 1 atom stereocenters. The van der Waals surface area contributed by atoms with Gasteiger partial charge in [-0.25, -0.2) is 0 Å². The number of nitrogens with zero attached hydrogens (tertiary/aromatic N) is 1. The van der Waals surface area contributed by atoms with Gasteiger partial charge in [0.15, 0.2) is 0 Å². The smallest absolute Gasteiger partial charge is 0.311 e. The molecule has 1 rings (SSSR count). The van der Waals surface area contributed by atoms with Crippen molar-refractivity contribution in [2.45, 2.75) is 32.4 Å². The summed E-state index contributed by atoms with van der Waals surface area (Å²) in [5.41, 5.74) is -0.446. The minimum Gasteiger partial charge on any atom is -0.311 e. The van der Waals surface area contributed by atoms with E-state index in [1.165, 1.54) is 0 Å². The molecule has 1 unspecified atom stereocenters. The maximum Gasteiger partial charge on any atom is 0.348 e. The lowest BCUT2D eigenvalue weighted by molar-refractivity contribution is -0.613. The fraction of sp³-hybridized carbons (Fsp3) is 0.600. The highest BCUT2D eigenvalue weighted by molar-refractivity contribution is 5.24. The van der Waals surface area contributed by atoms with Crippen LogP contribution in [0.15, 0.2) is 23.8 Å². The van der Waals surface area contributed by atoms with Gasteiger partial charge in [0, 0.05) is 6.08 Å². The molecule has 0 aromatic carbocycles. The van der Waals surface area contributed by atoms with E-state index in [9.17, 15) is 10.1 Å².